The molecule has 4 rings (SSSR count). The Morgan fingerprint density at radius 1 is 1.41 bits per heavy atom. The van der Waals surface area contributed by atoms with E-state index in [0.717, 1.165) is 12.1 Å². The largest absolute Gasteiger partial charge is 0.444 e. The van der Waals surface area contributed by atoms with Gasteiger partial charge in [0.2, 0.25) is 5.89 Å². The number of pyridine rings is 1. The number of ether oxygens (including phenoxy) is 1. The van der Waals surface area contributed by atoms with Gasteiger partial charge in [0, 0.05) is 42.7 Å². The molecule has 0 aliphatic carbocycles. The van der Waals surface area contributed by atoms with Gasteiger partial charge >= 0.3 is 0 Å². The summed E-state index contributed by atoms with van der Waals surface area (Å²) in [5, 5.41) is 6.84. The van der Waals surface area contributed by atoms with Gasteiger partial charge in [-0.05, 0) is 25.5 Å². The van der Waals surface area contributed by atoms with Crippen molar-refractivity contribution < 1.29 is 18.7 Å². The molecule has 0 radical (unpaired) electrons. The van der Waals surface area contributed by atoms with E-state index >= 15 is 0 Å². The SMILES string of the molecule is Cc1cc(-c2nc(C(=O)Nc3cn(CC4CCOC4)nc3C(N)=O)co2)ccn1. The minimum atomic E-state index is -0.727. The lowest BCUT2D eigenvalue weighted by Gasteiger charge is -2.06. The Bertz CT molecular complexity index is 1050. The first-order valence-corrected chi connectivity index (χ1v) is 9.14. The van der Waals surface area contributed by atoms with E-state index in [1.54, 1.807) is 29.2 Å². The third kappa shape index (κ3) is 4.16. The van der Waals surface area contributed by atoms with Crippen molar-refractivity contribution in [1.82, 2.24) is 19.7 Å². The number of hydrogen-bond acceptors (Lipinski definition) is 7. The van der Waals surface area contributed by atoms with Crippen molar-refractivity contribution in [2.24, 2.45) is 11.7 Å². The van der Waals surface area contributed by atoms with Crippen LogP contribution in [0.4, 0.5) is 5.69 Å². The van der Waals surface area contributed by atoms with Crippen molar-refractivity contribution in [3.05, 3.63) is 47.9 Å². The molecule has 1 aliphatic heterocycles. The van der Waals surface area contributed by atoms with Gasteiger partial charge in [-0.25, -0.2) is 4.98 Å². The predicted octanol–water partition coefficient (Wildman–Crippen LogP) is 1.63. The Morgan fingerprint density at radius 2 is 2.28 bits per heavy atom. The number of nitrogens with one attached hydrogen (secondary N) is 1. The monoisotopic (exact) mass is 396 g/mol. The number of oxazole rings is 1. The van der Waals surface area contributed by atoms with Crippen LogP contribution in [0.25, 0.3) is 11.5 Å². The third-order valence-electron chi connectivity index (χ3n) is 4.59. The number of rotatable bonds is 6. The average Bonchev–Trinajstić information content (AvgIpc) is 3.42. The number of amides is 2. The van der Waals surface area contributed by atoms with Crippen LogP contribution >= 0.6 is 0 Å². The lowest BCUT2D eigenvalue weighted by molar-refractivity contribution is 0.0995. The molecule has 150 valence electrons. The minimum absolute atomic E-state index is 0.00857. The third-order valence-corrected chi connectivity index (χ3v) is 4.59. The number of hydrogen-bond donors (Lipinski definition) is 2. The van der Waals surface area contributed by atoms with E-state index in [1.165, 1.54) is 6.26 Å². The summed E-state index contributed by atoms with van der Waals surface area (Å²) in [6.45, 7) is 3.78. The van der Waals surface area contributed by atoms with E-state index in [9.17, 15) is 9.59 Å². The summed E-state index contributed by atoms with van der Waals surface area (Å²) in [7, 11) is 0. The highest BCUT2D eigenvalue weighted by molar-refractivity contribution is 6.07. The molecule has 0 aromatic carbocycles. The zero-order valence-corrected chi connectivity index (χ0v) is 15.8. The summed E-state index contributed by atoms with van der Waals surface area (Å²) in [6, 6.07) is 3.54. The number of aryl methyl sites for hydroxylation is 1. The molecule has 0 bridgehead atoms. The molecule has 10 nitrogen and oxygen atoms in total. The first-order valence-electron chi connectivity index (χ1n) is 9.14. The van der Waals surface area contributed by atoms with Gasteiger partial charge in [0.05, 0.1) is 12.3 Å². The molecular weight excluding hydrogens is 376 g/mol. The molecule has 29 heavy (non-hydrogen) atoms. The van der Waals surface area contributed by atoms with Crippen molar-refractivity contribution in [3.8, 4) is 11.5 Å². The van der Waals surface area contributed by atoms with Crippen molar-refractivity contribution >= 4 is 17.5 Å². The predicted molar refractivity (Wildman–Crippen MR) is 102 cm³/mol. The number of primary amides is 1. The molecule has 3 N–H and O–H groups in total. The Morgan fingerprint density at radius 3 is 3.00 bits per heavy atom. The fourth-order valence-electron chi connectivity index (χ4n) is 3.16. The number of anilines is 1. The van der Waals surface area contributed by atoms with Crippen molar-refractivity contribution in [2.45, 2.75) is 19.9 Å². The van der Waals surface area contributed by atoms with Crippen molar-refractivity contribution in [2.75, 3.05) is 18.5 Å². The van der Waals surface area contributed by atoms with Crippen LogP contribution in [0.1, 0.15) is 33.1 Å². The standard InChI is InChI=1S/C19H20N6O4/c1-11-6-13(2-4-21-11)19-23-15(10-29-19)18(27)22-14-8-25(24-16(14)17(20)26)7-12-3-5-28-9-12/h2,4,6,8,10,12H,3,5,7,9H2,1H3,(H2,20,26)(H,22,27). The summed E-state index contributed by atoms with van der Waals surface area (Å²) in [5.74, 6) is -0.652. The van der Waals surface area contributed by atoms with E-state index in [0.29, 0.717) is 37.1 Å². The van der Waals surface area contributed by atoms with Crippen molar-refractivity contribution in [3.63, 3.8) is 0 Å². The maximum absolute atomic E-state index is 12.6. The number of nitrogens with two attached hydrogens (primary N) is 1. The summed E-state index contributed by atoms with van der Waals surface area (Å²) in [4.78, 5) is 32.7. The maximum atomic E-state index is 12.6. The Kier molecular flexibility index (Phi) is 5.09. The average molecular weight is 396 g/mol. The molecular formula is C19H20N6O4. The van der Waals surface area contributed by atoms with Gasteiger partial charge < -0.3 is 20.2 Å². The molecule has 0 spiro atoms. The molecule has 4 heterocycles. The van der Waals surface area contributed by atoms with Gasteiger partial charge in [-0.1, -0.05) is 0 Å². The van der Waals surface area contributed by atoms with Crippen LogP contribution in [-0.2, 0) is 11.3 Å². The first-order chi connectivity index (χ1) is 14.0. The molecule has 1 fully saturated rings. The molecule has 2 amide bonds. The Hall–Kier alpha value is -3.53. The molecule has 1 unspecified atom stereocenters. The number of nitrogens with zero attached hydrogens (tertiary/aromatic N) is 4. The number of carbonyl (C=O) groups is 2. The van der Waals surface area contributed by atoms with Gasteiger partial charge in [-0.2, -0.15) is 5.10 Å². The molecule has 1 atom stereocenters. The molecule has 1 saturated heterocycles. The second kappa shape index (κ2) is 7.84. The fourth-order valence-corrected chi connectivity index (χ4v) is 3.16. The van der Waals surface area contributed by atoms with Gasteiger partial charge in [-0.15, -0.1) is 0 Å². The summed E-state index contributed by atoms with van der Waals surface area (Å²) < 4.78 is 12.4. The van der Waals surface area contributed by atoms with Crippen LogP contribution in [-0.4, -0.2) is 44.8 Å². The van der Waals surface area contributed by atoms with E-state index < -0.39 is 11.8 Å². The van der Waals surface area contributed by atoms with Crippen LogP contribution < -0.4 is 11.1 Å². The lowest BCUT2D eigenvalue weighted by Crippen LogP contribution is -2.18. The van der Waals surface area contributed by atoms with Crippen LogP contribution in [0.2, 0.25) is 0 Å². The van der Waals surface area contributed by atoms with Crippen LogP contribution in [0.3, 0.4) is 0 Å². The second-order valence-electron chi connectivity index (χ2n) is 6.89. The highest BCUT2D eigenvalue weighted by atomic mass is 16.5. The normalized spacial score (nSPS) is 16.1. The molecule has 0 saturated carbocycles. The number of aromatic nitrogens is 4. The highest BCUT2D eigenvalue weighted by Crippen LogP contribution is 2.21. The van der Waals surface area contributed by atoms with Crippen LogP contribution in [0.5, 0.6) is 0 Å². The Balaban J connectivity index is 1.52. The molecule has 10 heteroatoms. The van der Waals surface area contributed by atoms with Crippen LogP contribution in [0.15, 0.2) is 35.2 Å². The molecule has 1 aliphatic rings. The summed E-state index contributed by atoms with van der Waals surface area (Å²) in [6.07, 6.45) is 5.40. The first kappa shape index (κ1) is 18.8. The summed E-state index contributed by atoms with van der Waals surface area (Å²) >= 11 is 0. The minimum Gasteiger partial charge on any atom is -0.444 e. The van der Waals surface area contributed by atoms with Gasteiger partial charge in [0.15, 0.2) is 11.4 Å². The van der Waals surface area contributed by atoms with E-state index in [1.807, 2.05) is 6.92 Å². The zero-order valence-electron chi connectivity index (χ0n) is 15.8. The molecule has 3 aromatic rings. The topological polar surface area (TPSA) is 138 Å². The van der Waals surface area contributed by atoms with E-state index in [-0.39, 0.29) is 17.1 Å². The number of carbonyl (C=O) groups excluding carboxylic acids is 2. The van der Waals surface area contributed by atoms with Gasteiger partial charge in [0.25, 0.3) is 11.8 Å². The second-order valence-corrected chi connectivity index (χ2v) is 6.89. The fraction of sp³-hybridized carbons (Fsp3) is 0.316. The zero-order chi connectivity index (χ0) is 20.4. The van der Waals surface area contributed by atoms with Gasteiger partial charge in [0.1, 0.15) is 6.26 Å². The maximum Gasteiger partial charge on any atom is 0.277 e. The lowest BCUT2D eigenvalue weighted by atomic mass is 10.1. The smallest absolute Gasteiger partial charge is 0.277 e. The molecule has 3 aromatic heterocycles. The van der Waals surface area contributed by atoms with Crippen molar-refractivity contribution in [1.29, 1.82) is 0 Å². The van der Waals surface area contributed by atoms with Crippen LogP contribution in [0, 0.1) is 12.8 Å². The van der Waals surface area contributed by atoms with E-state index in [4.69, 9.17) is 14.9 Å². The summed E-state index contributed by atoms with van der Waals surface area (Å²) in [5.41, 5.74) is 7.22. The quantitative estimate of drug-likeness (QED) is 0.646. The van der Waals surface area contributed by atoms with E-state index in [2.05, 4.69) is 20.4 Å². The van der Waals surface area contributed by atoms with Gasteiger partial charge in [-0.3, -0.25) is 19.3 Å². The highest BCUT2D eigenvalue weighted by Gasteiger charge is 2.22. The Labute approximate surface area is 166 Å².